The number of benzene rings is 1. The second-order valence-corrected chi connectivity index (χ2v) is 10.1. The first kappa shape index (κ1) is 19.2. The van der Waals surface area contributed by atoms with Crippen molar-refractivity contribution in [3.8, 4) is 5.75 Å². The van der Waals surface area contributed by atoms with E-state index in [1.54, 1.807) is 4.31 Å². The minimum Gasteiger partial charge on any atom is -0.494 e. The molecule has 0 spiro atoms. The van der Waals surface area contributed by atoms with Crippen molar-refractivity contribution in [1.82, 2.24) is 9.21 Å². The van der Waals surface area contributed by atoms with Gasteiger partial charge in [-0.15, -0.1) is 0 Å². The number of halogens is 1. The molecule has 0 aromatic heterocycles. The smallest absolute Gasteiger partial charge is 0.243 e. The van der Waals surface area contributed by atoms with E-state index in [1.165, 1.54) is 44.9 Å². The van der Waals surface area contributed by atoms with E-state index in [0.717, 1.165) is 32.0 Å². The molecule has 2 unspecified atom stereocenters. The summed E-state index contributed by atoms with van der Waals surface area (Å²) in [4.78, 5) is 2.64. The van der Waals surface area contributed by atoms with Crippen LogP contribution in [0.4, 0.5) is 4.39 Å². The van der Waals surface area contributed by atoms with Crippen molar-refractivity contribution in [2.75, 3.05) is 33.3 Å². The summed E-state index contributed by atoms with van der Waals surface area (Å²) in [5.74, 6) is 0.193. The van der Waals surface area contributed by atoms with Gasteiger partial charge in [0.1, 0.15) is 0 Å². The van der Waals surface area contributed by atoms with E-state index >= 15 is 0 Å². The third-order valence-electron chi connectivity index (χ3n) is 6.57. The average molecular weight is 397 g/mol. The number of methoxy groups -OCH3 is 1. The van der Waals surface area contributed by atoms with Crippen LogP contribution in [0.3, 0.4) is 0 Å². The fraction of sp³-hybridized carbons (Fsp3) is 0.700. The van der Waals surface area contributed by atoms with E-state index in [-0.39, 0.29) is 10.6 Å². The summed E-state index contributed by atoms with van der Waals surface area (Å²) in [5, 5.41) is 0. The van der Waals surface area contributed by atoms with E-state index < -0.39 is 15.8 Å². The molecule has 5 nitrogen and oxygen atoms in total. The Balaban J connectivity index is 1.56. The van der Waals surface area contributed by atoms with Gasteiger partial charge in [-0.25, -0.2) is 12.8 Å². The van der Waals surface area contributed by atoms with Gasteiger partial charge < -0.3 is 4.74 Å². The molecule has 0 N–H and O–H groups in total. The number of sulfonamides is 1. The molecule has 2 saturated heterocycles. The van der Waals surface area contributed by atoms with Crippen LogP contribution < -0.4 is 4.74 Å². The van der Waals surface area contributed by atoms with Gasteiger partial charge in [-0.3, -0.25) is 4.90 Å². The van der Waals surface area contributed by atoms with E-state index in [1.807, 2.05) is 0 Å². The number of hydrogen-bond donors (Lipinski definition) is 0. The number of ether oxygens (including phenoxy) is 1. The molecule has 2 bridgehead atoms. The Morgan fingerprint density at radius 1 is 1.04 bits per heavy atom. The largest absolute Gasteiger partial charge is 0.494 e. The molecule has 1 aromatic carbocycles. The molecular formula is C20H29FN2O3S. The number of likely N-dealkylation sites (tertiary alicyclic amines) is 1. The molecule has 4 rings (SSSR count). The molecule has 7 heteroatoms. The molecule has 0 amide bonds. The van der Waals surface area contributed by atoms with Gasteiger partial charge in [0.25, 0.3) is 0 Å². The monoisotopic (exact) mass is 396 g/mol. The van der Waals surface area contributed by atoms with Gasteiger partial charge in [0, 0.05) is 19.1 Å². The van der Waals surface area contributed by atoms with E-state index in [4.69, 9.17) is 4.74 Å². The van der Waals surface area contributed by atoms with Gasteiger partial charge in [0.2, 0.25) is 10.0 Å². The molecule has 2 atom stereocenters. The van der Waals surface area contributed by atoms with Crippen LogP contribution in [0.2, 0.25) is 0 Å². The van der Waals surface area contributed by atoms with Crippen molar-refractivity contribution in [3.05, 3.63) is 24.0 Å². The SMILES string of the molecule is COc1ccc(S(=O)(=O)N2CC3CCCC(C2)C3N2CCCCC2)cc1F. The lowest BCUT2D eigenvalue weighted by Crippen LogP contribution is -2.59. The molecule has 3 fully saturated rings. The fourth-order valence-electron chi connectivity index (χ4n) is 5.33. The predicted molar refractivity (Wildman–Crippen MR) is 102 cm³/mol. The van der Waals surface area contributed by atoms with Crippen molar-refractivity contribution in [2.24, 2.45) is 11.8 Å². The summed E-state index contributed by atoms with van der Waals surface area (Å²) in [6, 6.07) is 4.44. The van der Waals surface area contributed by atoms with Crippen LogP contribution >= 0.6 is 0 Å². The van der Waals surface area contributed by atoms with Gasteiger partial charge in [-0.05, 0) is 68.8 Å². The molecule has 2 aliphatic heterocycles. The van der Waals surface area contributed by atoms with Crippen molar-refractivity contribution in [2.45, 2.75) is 49.5 Å². The topological polar surface area (TPSA) is 49.9 Å². The van der Waals surface area contributed by atoms with Crippen LogP contribution in [-0.2, 0) is 10.0 Å². The Kier molecular flexibility index (Phi) is 5.45. The highest BCUT2D eigenvalue weighted by molar-refractivity contribution is 7.89. The Labute approximate surface area is 161 Å². The maximum absolute atomic E-state index is 14.1. The van der Waals surface area contributed by atoms with Crippen LogP contribution in [0, 0.1) is 17.7 Å². The molecule has 150 valence electrons. The number of nitrogens with zero attached hydrogens (tertiary/aromatic N) is 2. The molecule has 0 radical (unpaired) electrons. The lowest BCUT2D eigenvalue weighted by Gasteiger charge is -2.52. The molecule has 1 saturated carbocycles. The van der Waals surface area contributed by atoms with Gasteiger partial charge in [0.15, 0.2) is 11.6 Å². The van der Waals surface area contributed by atoms with Crippen LogP contribution in [0.5, 0.6) is 5.75 Å². The third-order valence-corrected chi connectivity index (χ3v) is 8.39. The van der Waals surface area contributed by atoms with Gasteiger partial charge in [-0.1, -0.05) is 12.8 Å². The van der Waals surface area contributed by atoms with Gasteiger partial charge >= 0.3 is 0 Å². The van der Waals surface area contributed by atoms with Gasteiger partial charge in [-0.2, -0.15) is 4.31 Å². The molecule has 1 aromatic rings. The zero-order chi connectivity index (χ0) is 19.0. The number of fused-ring (bicyclic) bond motifs is 2. The first-order chi connectivity index (χ1) is 13.0. The number of rotatable bonds is 4. The minimum atomic E-state index is -3.69. The summed E-state index contributed by atoms with van der Waals surface area (Å²) in [5.41, 5.74) is 0. The Morgan fingerprint density at radius 3 is 2.30 bits per heavy atom. The standard InChI is InChI=1S/C20H29FN2O3S/c1-26-19-9-8-17(12-18(19)21)27(24,25)23-13-15-6-5-7-16(14-23)20(15)22-10-3-2-4-11-22/h8-9,12,15-16,20H,2-7,10-11,13-14H2,1H3. The summed E-state index contributed by atoms with van der Waals surface area (Å²) >= 11 is 0. The zero-order valence-electron chi connectivity index (χ0n) is 15.9. The normalized spacial score (nSPS) is 30.2. The van der Waals surface area contributed by atoms with Gasteiger partial charge in [0.05, 0.1) is 12.0 Å². The van der Waals surface area contributed by atoms with Crippen molar-refractivity contribution in [3.63, 3.8) is 0 Å². The molecule has 1 aliphatic carbocycles. The molecule has 2 heterocycles. The first-order valence-electron chi connectivity index (χ1n) is 10.1. The maximum Gasteiger partial charge on any atom is 0.243 e. The summed E-state index contributed by atoms with van der Waals surface area (Å²) in [6.07, 6.45) is 7.17. The van der Waals surface area contributed by atoms with E-state index in [2.05, 4.69) is 4.90 Å². The minimum absolute atomic E-state index is 0.0234. The summed E-state index contributed by atoms with van der Waals surface area (Å²) in [6.45, 7) is 3.39. The third kappa shape index (κ3) is 3.61. The molecule has 3 aliphatic rings. The highest BCUT2D eigenvalue weighted by Gasteiger charge is 2.45. The quantitative estimate of drug-likeness (QED) is 0.785. The van der Waals surface area contributed by atoms with E-state index in [0.29, 0.717) is 31.0 Å². The summed E-state index contributed by atoms with van der Waals surface area (Å²) < 4.78 is 46.9. The van der Waals surface area contributed by atoms with E-state index in [9.17, 15) is 12.8 Å². The molecular weight excluding hydrogens is 367 g/mol. The Hall–Kier alpha value is -1.18. The van der Waals surface area contributed by atoms with Crippen LogP contribution in [0.15, 0.2) is 23.1 Å². The second kappa shape index (κ2) is 7.68. The lowest BCUT2D eigenvalue weighted by molar-refractivity contribution is -0.00311. The van der Waals surface area contributed by atoms with Crippen LogP contribution in [0.1, 0.15) is 38.5 Å². The Morgan fingerprint density at radius 2 is 1.70 bits per heavy atom. The van der Waals surface area contributed by atoms with Crippen molar-refractivity contribution < 1.29 is 17.5 Å². The fourth-order valence-corrected chi connectivity index (χ4v) is 6.90. The summed E-state index contributed by atoms with van der Waals surface area (Å²) in [7, 11) is -2.31. The van der Waals surface area contributed by atoms with Crippen LogP contribution in [0.25, 0.3) is 0 Å². The van der Waals surface area contributed by atoms with Crippen molar-refractivity contribution in [1.29, 1.82) is 0 Å². The first-order valence-corrected chi connectivity index (χ1v) is 11.5. The molecule has 27 heavy (non-hydrogen) atoms. The highest BCUT2D eigenvalue weighted by Crippen LogP contribution is 2.40. The highest BCUT2D eigenvalue weighted by atomic mass is 32.2. The van der Waals surface area contributed by atoms with Crippen LogP contribution in [-0.4, -0.2) is 57.0 Å². The zero-order valence-corrected chi connectivity index (χ0v) is 16.8. The Bertz CT molecular complexity index is 765. The predicted octanol–water partition coefficient (Wildman–Crippen LogP) is 3.11. The second-order valence-electron chi connectivity index (χ2n) is 8.16. The lowest BCUT2D eigenvalue weighted by atomic mass is 9.73. The van der Waals surface area contributed by atoms with Crippen molar-refractivity contribution >= 4 is 10.0 Å². The maximum atomic E-state index is 14.1. The number of piperidine rings is 2. The number of hydrogen-bond acceptors (Lipinski definition) is 4. The average Bonchev–Trinajstić information content (AvgIpc) is 2.67.